The van der Waals surface area contributed by atoms with E-state index in [4.69, 9.17) is 16.7 Å². The van der Waals surface area contributed by atoms with E-state index in [0.717, 1.165) is 4.90 Å². The van der Waals surface area contributed by atoms with Crippen molar-refractivity contribution in [3.8, 4) is 0 Å². The Balaban J connectivity index is 0. The first-order valence-electron chi connectivity index (χ1n) is 2.38. The minimum absolute atomic E-state index is 0. The van der Waals surface area contributed by atoms with Gasteiger partial charge in [-0.2, -0.15) is 0 Å². The quantitative estimate of drug-likeness (QED) is 0.637. The van der Waals surface area contributed by atoms with Gasteiger partial charge < -0.3 is 5.11 Å². The van der Waals surface area contributed by atoms with Gasteiger partial charge in [0.05, 0.1) is 0 Å². The molecule has 0 aromatic heterocycles. The Morgan fingerprint density at radius 2 is 2.10 bits per heavy atom. The number of allylic oxidation sites excluding steroid dienone is 1. The lowest BCUT2D eigenvalue weighted by atomic mass is 10.6. The lowest BCUT2D eigenvalue weighted by molar-refractivity contribution is 0.169. The van der Waals surface area contributed by atoms with Gasteiger partial charge in [-0.1, -0.05) is 17.7 Å². The Morgan fingerprint density at radius 1 is 1.70 bits per heavy atom. The molecule has 0 heterocycles. The minimum Gasteiger partial charge on any atom is -0.465 e. The minimum atomic E-state index is -1.06. The van der Waals surface area contributed by atoms with Gasteiger partial charge in [0.2, 0.25) is 0 Å². The van der Waals surface area contributed by atoms with E-state index >= 15 is 0 Å². The average Bonchev–Trinajstić information content (AvgIpc) is 1.84. The third-order valence-electron chi connectivity index (χ3n) is 0.846. The van der Waals surface area contributed by atoms with E-state index < -0.39 is 6.09 Å². The van der Waals surface area contributed by atoms with Crippen molar-refractivity contribution in [2.45, 2.75) is 6.92 Å². The second kappa shape index (κ2) is 5.38. The van der Waals surface area contributed by atoms with Gasteiger partial charge >= 0.3 is 6.09 Å². The van der Waals surface area contributed by atoms with Crippen LogP contribution in [0.1, 0.15) is 6.92 Å². The molecule has 60 valence electrons. The molecule has 0 atom stereocenters. The highest BCUT2D eigenvalue weighted by Gasteiger charge is 2.06. The number of amides is 1. The first kappa shape index (κ1) is 12.3. The highest BCUT2D eigenvalue weighted by Crippen LogP contribution is 2.05. The van der Waals surface area contributed by atoms with Crippen molar-refractivity contribution < 1.29 is 9.90 Å². The zero-order valence-electron chi connectivity index (χ0n) is 5.67. The predicted molar refractivity (Wildman–Crippen MR) is 42.6 cm³/mol. The molecule has 10 heavy (non-hydrogen) atoms. The number of hydrogen-bond acceptors (Lipinski definition) is 1. The molecule has 0 spiro atoms. The van der Waals surface area contributed by atoms with Crippen LogP contribution in [0.15, 0.2) is 11.2 Å². The van der Waals surface area contributed by atoms with Crippen LogP contribution in [-0.4, -0.2) is 23.1 Å². The van der Waals surface area contributed by atoms with Gasteiger partial charge in [0.15, 0.2) is 0 Å². The van der Waals surface area contributed by atoms with Crippen molar-refractivity contribution in [2.24, 2.45) is 0 Å². The highest BCUT2D eigenvalue weighted by atomic mass is 35.5. The fourth-order valence-electron chi connectivity index (χ4n) is 0.285. The SMILES string of the molecule is CC=C(Cl)N(C)C(=O)O.Cl. The highest BCUT2D eigenvalue weighted by molar-refractivity contribution is 6.29. The van der Waals surface area contributed by atoms with E-state index in [1.807, 2.05) is 0 Å². The number of halogens is 2. The maximum atomic E-state index is 10.1. The summed E-state index contributed by atoms with van der Waals surface area (Å²) in [7, 11) is 1.38. The number of carbonyl (C=O) groups is 1. The van der Waals surface area contributed by atoms with Gasteiger partial charge in [-0.15, -0.1) is 12.4 Å². The molecule has 5 heteroatoms. The van der Waals surface area contributed by atoms with Gasteiger partial charge in [0.1, 0.15) is 5.16 Å². The fourth-order valence-corrected chi connectivity index (χ4v) is 0.357. The van der Waals surface area contributed by atoms with E-state index in [0.29, 0.717) is 0 Å². The first-order chi connectivity index (χ1) is 4.09. The Morgan fingerprint density at radius 3 is 2.20 bits per heavy atom. The monoisotopic (exact) mass is 185 g/mol. The average molecular weight is 186 g/mol. The summed E-state index contributed by atoms with van der Waals surface area (Å²) in [6.07, 6.45) is 0.452. The standard InChI is InChI=1S/C5H8ClNO2.ClH/c1-3-4(6)7(2)5(8)9;/h3H,1-2H3,(H,8,9);1H. The van der Waals surface area contributed by atoms with Crippen LogP contribution in [0.25, 0.3) is 0 Å². The van der Waals surface area contributed by atoms with E-state index in [1.165, 1.54) is 13.1 Å². The van der Waals surface area contributed by atoms with E-state index in [2.05, 4.69) is 0 Å². The number of carboxylic acid groups (broad SMARTS) is 1. The van der Waals surface area contributed by atoms with Crippen molar-refractivity contribution in [1.82, 2.24) is 4.90 Å². The predicted octanol–water partition coefficient (Wildman–Crippen LogP) is 2.12. The molecular formula is C5H9Cl2NO2. The second-order valence-corrected chi connectivity index (χ2v) is 1.84. The molecule has 0 aliphatic heterocycles. The summed E-state index contributed by atoms with van der Waals surface area (Å²) < 4.78 is 0. The fraction of sp³-hybridized carbons (Fsp3) is 0.400. The van der Waals surface area contributed by atoms with Crippen molar-refractivity contribution in [1.29, 1.82) is 0 Å². The van der Waals surface area contributed by atoms with Crippen molar-refractivity contribution >= 4 is 30.1 Å². The van der Waals surface area contributed by atoms with Crippen molar-refractivity contribution in [3.05, 3.63) is 11.2 Å². The van der Waals surface area contributed by atoms with E-state index in [1.54, 1.807) is 6.92 Å². The number of rotatable bonds is 1. The molecule has 0 saturated heterocycles. The molecule has 0 rings (SSSR count). The normalized spacial score (nSPS) is 10.1. The second-order valence-electron chi connectivity index (χ2n) is 1.45. The van der Waals surface area contributed by atoms with Crippen LogP contribution < -0.4 is 0 Å². The van der Waals surface area contributed by atoms with E-state index in [-0.39, 0.29) is 17.6 Å². The summed E-state index contributed by atoms with van der Waals surface area (Å²) in [4.78, 5) is 11.0. The van der Waals surface area contributed by atoms with Crippen molar-refractivity contribution in [3.63, 3.8) is 0 Å². The van der Waals surface area contributed by atoms with Gasteiger partial charge in [0, 0.05) is 7.05 Å². The van der Waals surface area contributed by atoms with Gasteiger partial charge in [0.25, 0.3) is 0 Å². The summed E-state index contributed by atoms with van der Waals surface area (Å²) in [6, 6.07) is 0. The largest absolute Gasteiger partial charge is 0.465 e. The van der Waals surface area contributed by atoms with Crippen LogP contribution in [0, 0.1) is 0 Å². The van der Waals surface area contributed by atoms with Crippen LogP contribution in [-0.2, 0) is 0 Å². The summed E-state index contributed by atoms with van der Waals surface area (Å²) in [5.74, 6) is 0. The molecule has 3 nitrogen and oxygen atoms in total. The molecule has 1 N–H and O–H groups in total. The topological polar surface area (TPSA) is 40.5 Å². The van der Waals surface area contributed by atoms with Gasteiger partial charge in [-0.05, 0) is 6.92 Å². The molecule has 0 aromatic rings. The third-order valence-corrected chi connectivity index (χ3v) is 1.32. The smallest absolute Gasteiger partial charge is 0.412 e. The molecule has 0 bridgehead atoms. The maximum Gasteiger partial charge on any atom is 0.412 e. The molecule has 0 aromatic carbocycles. The molecule has 1 amide bonds. The van der Waals surface area contributed by atoms with Crippen LogP contribution in [0.2, 0.25) is 0 Å². The van der Waals surface area contributed by atoms with Crippen LogP contribution >= 0.6 is 24.0 Å². The van der Waals surface area contributed by atoms with Crippen LogP contribution in [0.5, 0.6) is 0 Å². The van der Waals surface area contributed by atoms with Gasteiger partial charge in [-0.3, -0.25) is 4.90 Å². The van der Waals surface area contributed by atoms with Crippen LogP contribution in [0.3, 0.4) is 0 Å². The summed E-state index contributed by atoms with van der Waals surface area (Å²) in [5, 5.41) is 8.49. The van der Waals surface area contributed by atoms with Gasteiger partial charge in [-0.25, -0.2) is 4.79 Å². The van der Waals surface area contributed by atoms with Crippen LogP contribution in [0.4, 0.5) is 4.79 Å². The molecule has 0 aliphatic rings. The zero-order valence-corrected chi connectivity index (χ0v) is 7.24. The maximum absolute atomic E-state index is 10.1. The Kier molecular flexibility index (Phi) is 6.61. The summed E-state index contributed by atoms with van der Waals surface area (Å²) in [5.41, 5.74) is 0. The molecule has 0 fully saturated rings. The molecule has 0 radical (unpaired) electrons. The summed E-state index contributed by atoms with van der Waals surface area (Å²) >= 11 is 5.42. The molecule has 0 aliphatic carbocycles. The number of hydrogen-bond donors (Lipinski definition) is 1. The van der Waals surface area contributed by atoms with Crippen molar-refractivity contribution in [2.75, 3.05) is 7.05 Å². The molecular weight excluding hydrogens is 177 g/mol. The Labute approximate surface area is 70.7 Å². The first-order valence-corrected chi connectivity index (χ1v) is 2.76. The number of nitrogens with zero attached hydrogens (tertiary/aromatic N) is 1. The Bertz CT molecular complexity index is 147. The lowest BCUT2D eigenvalue weighted by Crippen LogP contribution is -2.21. The third kappa shape index (κ3) is 3.58. The zero-order chi connectivity index (χ0) is 7.44. The molecule has 0 saturated carbocycles. The molecule has 0 unspecified atom stereocenters. The lowest BCUT2D eigenvalue weighted by Gasteiger charge is -2.09. The summed E-state index contributed by atoms with van der Waals surface area (Å²) in [6.45, 7) is 1.67. The Hall–Kier alpha value is -0.410. The van der Waals surface area contributed by atoms with E-state index in [9.17, 15) is 4.79 Å².